The van der Waals surface area contributed by atoms with Gasteiger partial charge in [0.05, 0.1) is 11.9 Å². The molecule has 3 aliphatic heterocycles. The van der Waals surface area contributed by atoms with Gasteiger partial charge in [0.1, 0.15) is 12.1 Å². The molecule has 0 saturated carbocycles. The van der Waals surface area contributed by atoms with Gasteiger partial charge in [-0.3, -0.25) is 29.3 Å². The first kappa shape index (κ1) is 22.7. The molecule has 2 fully saturated rings. The molecule has 3 N–H and O–H groups in total. The molecular formula is C22H23N7O6. The minimum Gasteiger partial charge on any atom is -0.396 e. The molecule has 1 aromatic carbocycles. The van der Waals surface area contributed by atoms with Gasteiger partial charge in [-0.15, -0.1) is 5.10 Å². The molecule has 0 bridgehead atoms. The predicted octanol–water partition coefficient (Wildman–Crippen LogP) is -1.65. The Hall–Kier alpha value is -4.13. The molecule has 2 atom stereocenters. The molecule has 5 rings (SSSR count). The number of aromatic nitrogens is 3. The van der Waals surface area contributed by atoms with Gasteiger partial charge in [0, 0.05) is 38.2 Å². The minimum atomic E-state index is -0.782. The van der Waals surface area contributed by atoms with Crippen LogP contribution in [0, 0.1) is 0 Å². The third kappa shape index (κ3) is 4.03. The van der Waals surface area contributed by atoms with E-state index in [0.717, 1.165) is 0 Å². The molecular weight excluding hydrogens is 458 g/mol. The van der Waals surface area contributed by atoms with Crippen LogP contribution in [0.4, 0.5) is 0 Å². The number of aliphatic hydroxyl groups is 1. The Kier molecular flexibility index (Phi) is 5.76. The number of rotatable bonds is 5. The first-order chi connectivity index (χ1) is 16.9. The van der Waals surface area contributed by atoms with Gasteiger partial charge in [-0.25, -0.2) is 4.68 Å². The van der Waals surface area contributed by atoms with Crippen LogP contribution in [0.15, 0.2) is 24.4 Å². The van der Waals surface area contributed by atoms with Crippen LogP contribution in [-0.4, -0.2) is 91.2 Å². The van der Waals surface area contributed by atoms with E-state index in [2.05, 4.69) is 20.9 Å². The molecule has 1 aromatic heterocycles. The zero-order chi connectivity index (χ0) is 24.7. The van der Waals surface area contributed by atoms with Crippen molar-refractivity contribution in [3.63, 3.8) is 0 Å². The second kappa shape index (κ2) is 8.91. The van der Waals surface area contributed by atoms with Crippen molar-refractivity contribution in [3.8, 4) is 5.69 Å². The lowest BCUT2D eigenvalue weighted by Crippen LogP contribution is -2.57. The molecule has 0 spiro atoms. The highest BCUT2D eigenvalue weighted by atomic mass is 16.3. The number of nitrogens with one attached hydrogen (secondary N) is 2. The van der Waals surface area contributed by atoms with E-state index in [1.54, 1.807) is 18.2 Å². The molecule has 5 amide bonds. The summed E-state index contributed by atoms with van der Waals surface area (Å²) in [5.41, 5.74) is 1.76. The summed E-state index contributed by atoms with van der Waals surface area (Å²) in [7, 11) is 0. The fourth-order valence-electron chi connectivity index (χ4n) is 4.71. The molecule has 35 heavy (non-hydrogen) atoms. The van der Waals surface area contributed by atoms with E-state index in [4.69, 9.17) is 0 Å². The molecule has 13 nitrogen and oxygen atoms in total. The second-order valence-corrected chi connectivity index (χ2v) is 8.61. The van der Waals surface area contributed by atoms with Crippen LogP contribution in [-0.2, 0) is 20.9 Å². The average Bonchev–Trinajstić information content (AvgIpc) is 3.45. The molecule has 3 aliphatic rings. The number of carbonyl (C=O) groups is 5. The zero-order valence-corrected chi connectivity index (χ0v) is 18.6. The molecule has 0 radical (unpaired) electrons. The third-order valence-electron chi connectivity index (χ3n) is 6.48. The number of nitrogens with zero attached hydrogens (tertiary/aromatic N) is 5. The van der Waals surface area contributed by atoms with E-state index in [0.29, 0.717) is 29.9 Å². The van der Waals surface area contributed by atoms with Gasteiger partial charge in [0.2, 0.25) is 17.7 Å². The van der Waals surface area contributed by atoms with Gasteiger partial charge in [0.15, 0.2) is 5.69 Å². The first-order valence-corrected chi connectivity index (χ1v) is 11.3. The van der Waals surface area contributed by atoms with Crippen molar-refractivity contribution >= 4 is 29.5 Å². The first-order valence-electron chi connectivity index (χ1n) is 11.3. The summed E-state index contributed by atoms with van der Waals surface area (Å²) in [6.45, 7) is 0.571. The van der Waals surface area contributed by atoms with Gasteiger partial charge in [-0.2, -0.15) is 0 Å². The maximum absolute atomic E-state index is 13.0. The van der Waals surface area contributed by atoms with Crippen molar-refractivity contribution in [1.82, 2.24) is 35.4 Å². The number of aliphatic hydroxyl groups excluding tert-OH is 1. The summed E-state index contributed by atoms with van der Waals surface area (Å²) in [4.78, 5) is 64.5. The van der Waals surface area contributed by atoms with Crippen molar-refractivity contribution in [2.45, 2.75) is 37.9 Å². The van der Waals surface area contributed by atoms with Crippen molar-refractivity contribution in [3.05, 3.63) is 41.2 Å². The smallest absolute Gasteiger partial charge is 0.276 e. The molecule has 2 saturated heterocycles. The Morgan fingerprint density at radius 3 is 2.77 bits per heavy atom. The van der Waals surface area contributed by atoms with Crippen LogP contribution in [0.1, 0.15) is 45.7 Å². The van der Waals surface area contributed by atoms with Crippen molar-refractivity contribution < 1.29 is 29.1 Å². The van der Waals surface area contributed by atoms with Crippen molar-refractivity contribution in [1.29, 1.82) is 0 Å². The van der Waals surface area contributed by atoms with Crippen LogP contribution < -0.4 is 10.6 Å². The number of benzene rings is 1. The predicted molar refractivity (Wildman–Crippen MR) is 117 cm³/mol. The molecule has 0 aliphatic carbocycles. The van der Waals surface area contributed by atoms with Crippen LogP contribution in [0.2, 0.25) is 0 Å². The number of amides is 5. The van der Waals surface area contributed by atoms with E-state index in [-0.39, 0.29) is 55.8 Å². The summed E-state index contributed by atoms with van der Waals surface area (Å²) in [6, 6.07) is 3.55. The molecule has 13 heteroatoms. The van der Waals surface area contributed by atoms with Gasteiger partial charge in [0.25, 0.3) is 11.8 Å². The number of carbonyl (C=O) groups excluding carboxylic acids is 5. The van der Waals surface area contributed by atoms with Crippen molar-refractivity contribution in [2.75, 3.05) is 19.7 Å². The Morgan fingerprint density at radius 2 is 2.00 bits per heavy atom. The Morgan fingerprint density at radius 1 is 1.17 bits per heavy atom. The highest BCUT2D eigenvalue weighted by molar-refractivity contribution is 6.05. The van der Waals surface area contributed by atoms with E-state index in [1.165, 1.54) is 20.7 Å². The largest absolute Gasteiger partial charge is 0.396 e. The van der Waals surface area contributed by atoms with E-state index in [9.17, 15) is 29.1 Å². The summed E-state index contributed by atoms with van der Waals surface area (Å²) in [5.74, 6) is -1.90. The fraction of sp³-hybridized carbons (Fsp3) is 0.409. The van der Waals surface area contributed by atoms with Crippen LogP contribution in [0.3, 0.4) is 0 Å². The molecule has 4 heterocycles. The maximum Gasteiger partial charge on any atom is 0.276 e. The molecule has 2 unspecified atom stereocenters. The molecule has 182 valence electrons. The lowest BCUT2D eigenvalue weighted by molar-refractivity contribution is -0.137. The normalized spacial score (nSPS) is 22.2. The number of piperazine rings is 1. The summed E-state index contributed by atoms with van der Waals surface area (Å²) in [6.07, 6.45) is 2.02. The third-order valence-corrected chi connectivity index (χ3v) is 6.48. The summed E-state index contributed by atoms with van der Waals surface area (Å²) < 4.78 is 1.40. The van der Waals surface area contributed by atoms with E-state index >= 15 is 0 Å². The van der Waals surface area contributed by atoms with Gasteiger partial charge >= 0.3 is 0 Å². The Balaban J connectivity index is 1.35. The van der Waals surface area contributed by atoms with E-state index in [1.807, 2.05) is 0 Å². The zero-order valence-electron chi connectivity index (χ0n) is 18.6. The minimum absolute atomic E-state index is 0.0457. The highest BCUT2D eigenvalue weighted by Gasteiger charge is 2.39. The lowest BCUT2D eigenvalue weighted by Gasteiger charge is -2.34. The standard InChI is InChI=1S/C22H23N7O6/c30-8-5-17-19(32)23-6-7-27(17)22(35)15-11-29(26-25-15)13-1-2-14-12(9-13)10-28(21(14)34)16-3-4-18(31)24-20(16)33/h1-2,9,11,16-17,30H,3-8,10H2,(H,23,32)(H,24,31,33). The van der Waals surface area contributed by atoms with Gasteiger partial charge < -0.3 is 20.2 Å². The van der Waals surface area contributed by atoms with Crippen LogP contribution >= 0.6 is 0 Å². The highest BCUT2D eigenvalue weighted by Crippen LogP contribution is 2.29. The lowest BCUT2D eigenvalue weighted by atomic mass is 10.0. The summed E-state index contributed by atoms with van der Waals surface area (Å²) in [5, 5.41) is 22.2. The van der Waals surface area contributed by atoms with Gasteiger partial charge in [-0.1, -0.05) is 5.21 Å². The van der Waals surface area contributed by atoms with Crippen LogP contribution in [0.25, 0.3) is 5.69 Å². The Bertz CT molecular complexity index is 1240. The molecule has 2 aromatic rings. The number of imide groups is 1. The summed E-state index contributed by atoms with van der Waals surface area (Å²) >= 11 is 0. The average molecular weight is 481 g/mol. The fourth-order valence-corrected chi connectivity index (χ4v) is 4.71. The Labute approximate surface area is 199 Å². The quantitative estimate of drug-likeness (QED) is 0.427. The number of fused-ring (bicyclic) bond motifs is 1. The maximum atomic E-state index is 13.0. The number of hydrogen-bond donors (Lipinski definition) is 3. The number of hydrogen-bond acceptors (Lipinski definition) is 8. The SMILES string of the molecule is O=C1CCC(N2Cc3cc(-n4cc(C(=O)N5CCNC(=O)C5CCO)nn4)ccc3C2=O)C(=O)N1. The van der Waals surface area contributed by atoms with Gasteiger partial charge in [-0.05, 0) is 36.6 Å². The topological polar surface area (TPSA) is 167 Å². The van der Waals surface area contributed by atoms with Crippen LogP contribution in [0.5, 0.6) is 0 Å². The monoisotopic (exact) mass is 481 g/mol. The van der Waals surface area contributed by atoms with Crippen molar-refractivity contribution in [2.24, 2.45) is 0 Å². The second-order valence-electron chi connectivity index (χ2n) is 8.61. The van der Waals surface area contributed by atoms with E-state index < -0.39 is 23.9 Å². The number of piperidine rings is 1.